The molecule has 2 aromatic rings. The topological polar surface area (TPSA) is 140 Å². The number of benzene rings is 1. The number of anilines is 2. The zero-order valence-electron chi connectivity index (χ0n) is 21.2. The van der Waals surface area contributed by atoms with Crippen molar-refractivity contribution in [3.05, 3.63) is 35.6 Å². The van der Waals surface area contributed by atoms with Crippen LogP contribution in [0.2, 0.25) is 5.02 Å². The van der Waals surface area contributed by atoms with E-state index in [2.05, 4.69) is 24.9 Å². The molecule has 1 aromatic carbocycles. The van der Waals surface area contributed by atoms with Gasteiger partial charge in [0.25, 0.3) is 0 Å². The quantitative estimate of drug-likeness (QED) is 0.462. The molecule has 5 rings (SSSR count). The first kappa shape index (κ1) is 27.4. The molecule has 2 amide bonds. The van der Waals surface area contributed by atoms with Gasteiger partial charge in [0.2, 0.25) is 10.0 Å². The number of rotatable bonds is 6. The summed E-state index contributed by atoms with van der Waals surface area (Å²) < 4.78 is 32.8. The van der Waals surface area contributed by atoms with E-state index in [0.717, 1.165) is 51.2 Å². The largest absolute Gasteiger partial charge is 0.376 e. The predicted molar refractivity (Wildman–Crippen MR) is 148 cm³/mol. The molecule has 0 unspecified atom stereocenters. The first-order chi connectivity index (χ1) is 18.2. The first-order valence-electron chi connectivity index (χ1n) is 12.9. The molecule has 10 nitrogen and oxygen atoms in total. The number of piperidine rings is 1. The van der Waals surface area contributed by atoms with Crippen LogP contribution in [0.4, 0.5) is 16.3 Å². The highest BCUT2D eigenvalue weighted by Gasteiger charge is 2.47. The fourth-order valence-corrected chi connectivity index (χ4v) is 8.04. The van der Waals surface area contributed by atoms with E-state index in [0.29, 0.717) is 33.5 Å². The second-order valence-corrected chi connectivity index (χ2v) is 13.7. The molecule has 0 bridgehead atoms. The molecule has 1 aliphatic carbocycles. The summed E-state index contributed by atoms with van der Waals surface area (Å²) in [5.41, 5.74) is 6.79. The molecule has 4 N–H and O–H groups in total. The Morgan fingerprint density at radius 1 is 1.21 bits per heavy atom. The van der Waals surface area contributed by atoms with E-state index in [-0.39, 0.29) is 17.6 Å². The molecule has 13 heteroatoms. The second kappa shape index (κ2) is 11.2. The molecule has 1 saturated carbocycles. The van der Waals surface area contributed by atoms with Crippen molar-refractivity contribution in [1.29, 1.82) is 0 Å². The van der Waals surface area contributed by atoms with Crippen LogP contribution in [-0.4, -0.2) is 61.5 Å². The molecule has 1 aromatic heterocycles. The van der Waals surface area contributed by atoms with E-state index in [1.807, 2.05) is 6.92 Å². The van der Waals surface area contributed by atoms with Gasteiger partial charge in [-0.3, -0.25) is 0 Å². The van der Waals surface area contributed by atoms with Gasteiger partial charge in [0.15, 0.2) is 0 Å². The normalized spacial score (nSPS) is 23.6. The second-order valence-electron chi connectivity index (χ2n) is 10.3. The number of amides is 2. The van der Waals surface area contributed by atoms with Crippen LogP contribution in [0.25, 0.3) is 0 Å². The van der Waals surface area contributed by atoms with Crippen LogP contribution in [0.5, 0.6) is 0 Å². The Labute approximate surface area is 232 Å². The average molecular weight is 581 g/mol. The number of aromatic nitrogens is 2. The van der Waals surface area contributed by atoms with E-state index in [1.54, 1.807) is 30.6 Å². The Hall–Kier alpha value is -2.12. The molecular weight excluding hydrogens is 548 g/mol. The monoisotopic (exact) mass is 580 g/mol. The summed E-state index contributed by atoms with van der Waals surface area (Å²) in [6.45, 7) is 4.46. The van der Waals surface area contributed by atoms with Crippen LogP contribution in [0.15, 0.2) is 40.5 Å². The summed E-state index contributed by atoms with van der Waals surface area (Å²) in [6, 6.07) is 4.40. The summed E-state index contributed by atoms with van der Waals surface area (Å²) in [6.07, 6.45) is 8.31. The minimum atomic E-state index is -3.72. The minimum absolute atomic E-state index is 0.0481. The van der Waals surface area contributed by atoms with Crippen molar-refractivity contribution in [3.8, 4) is 0 Å². The third kappa shape index (κ3) is 5.74. The first-order valence-corrected chi connectivity index (χ1v) is 15.6. The number of nitrogens with one attached hydrogen (secondary N) is 2. The standard InChI is InChI=1S/C25H33ClN6O4S2/c1-16-23(27)25(15-36-16)9-11-32(12-10-25)20-13-29-21(14-28-20)37-19-8-4-7-18(22(19)26)30-24(33)31-38(34,35)17-5-2-3-6-17/h4,7-8,13-14,16-17,23H,2-3,5-6,9-12,15,27H2,1H3,(H2,30,31,33)/t16-,23+/m0/s1. The van der Waals surface area contributed by atoms with Gasteiger partial charge in [0.05, 0.1) is 41.1 Å². The minimum Gasteiger partial charge on any atom is -0.376 e. The molecule has 2 atom stereocenters. The average Bonchev–Trinajstić information content (AvgIpc) is 3.54. The highest BCUT2D eigenvalue weighted by atomic mass is 35.5. The molecule has 3 fully saturated rings. The van der Waals surface area contributed by atoms with E-state index < -0.39 is 21.3 Å². The van der Waals surface area contributed by atoms with Crippen LogP contribution in [0, 0.1) is 5.41 Å². The lowest BCUT2D eigenvalue weighted by Gasteiger charge is -2.41. The zero-order valence-corrected chi connectivity index (χ0v) is 23.6. The summed E-state index contributed by atoms with van der Waals surface area (Å²) in [7, 11) is -3.72. The Bertz CT molecular complexity index is 1270. The highest BCUT2D eigenvalue weighted by Crippen LogP contribution is 2.42. The Morgan fingerprint density at radius 2 is 1.95 bits per heavy atom. The smallest absolute Gasteiger partial charge is 0.332 e. The van der Waals surface area contributed by atoms with Crippen molar-refractivity contribution in [2.24, 2.45) is 11.1 Å². The van der Waals surface area contributed by atoms with Crippen molar-refractivity contribution >= 4 is 50.9 Å². The van der Waals surface area contributed by atoms with Crippen LogP contribution in [0.3, 0.4) is 0 Å². The Balaban J connectivity index is 1.19. The summed E-state index contributed by atoms with van der Waals surface area (Å²) >= 11 is 7.86. The van der Waals surface area contributed by atoms with Crippen LogP contribution in [-0.2, 0) is 14.8 Å². The molecule has 3 aliphatic rings. The molecular formula is C25H33ClN6O4S2. The highest BCUT2D eigenvalue weighted by molar-refractivity contribution is 7.99. The molecule has 2 aliphatic heterocycles. The molecule has 2 saturated heterocycles. The maximum absolute atomic E-state index is 12.4. The molecule has 206 valence electrons. The third-order valence-corrected chi connectivity index (χ3v) is 11.3. The van der Waals surface area contributed by atoms with Gasteiger partial charge < -0.3 is 20.7 Å². The summed E-state index contributed by atoms with van der Waals surface area (Å²) in [5, 5.41) is 2.97. The third-order valence-electron chi connectivity index (χ3n) is 7.95. The van der Waals surface area contributed by atoms with Crippen molar-refractivity contribution in [3.63, 3.8) is 0 Å². The van der Waals surface area contributed by atoms with E-state index in [9.17, 15) is 13.2 Å². The molecule has 38 heavy (non-hydrogen) atoms. The van der Waals surface area contributed by atoms with Crippen LogP contribution >= 0.6 is 23.4 Å². The number of hydrogen-bond acceptors (Lipinski definition) is 9. The van der Waals surface area contributed by atoms with Gasteiger partial charge in [-0.25, -0.2) is 27.9 Å². The maximum atomic E-state index is 12.4. The van der Waals surface area contributed by atoms with Gasteiger partial charge in [-0.05, 0) is 44.7 Å². The fraction of sp³-hybridized carbons (Fsp3) is 0.560. The number of carbonyl (C=O) groups is 1. The number of ether oxygens (including phenoxy) is 1. The van der Waals surface area contributed by atoms with Gasteiger partial charge in [0, 0.05) is 29.4 Å². The fourth-order valence-electron chi connectivity index (χ4n) is 5.54. The van der Waals surface area contributed by atoms with E-state index >= 15 is 0 Å². The molecule has 3 heterocycles. The van der Waals surface area contributed by atoms with Gasteiger partial charge in [-0.2, -0.15) is 0 Å². The lowest BCUT2D eigenvalue weighted by Crippen LogP contribution is -2.50. The van der Waals surface area contributed by atoms with Gasteiger partial charge in [-0.15, -0.1) is 0 Å². The van der Waals surface area contributed by atoms with Gasteiger partial charge >= 0.3 is 6.03 Å². The van der Waals surface area contributed by atoms with Crippen molar-refractivity contribution < 1.29 is 17.9 Å². The number of nitrogens with two attached hydrogens (primary N) is 1. The van der Waals surface area contributed by atoms with Crippen molar-refractivity contribution in [2.75, 3.05) is 29.9 Å². The van der Waals surface area contributed by atoms with Gasteiger partial charge in [-0.1, -0.05) is 42.3 Å². The summed E-state index contributed by atoms with van der Waals surface area (Å²) in [5.74, 6) is 0.811. The Morgan fingerprint density at radius 3 is 2.58 bits per heavy atom. The maximum Gasteiger partial charge on any atom is 0.332 e. The van der Waals surface area contributed by atoms with Crippen LogP contribution < -0.4 is 20.7 Å². The number of nitrogens with zero attached hydrogens (tertiary/aromatic N) is 3. The lowest BCUT2D eigenvalue weighted by molar-refractivity contribution is 0.0974. The van der Waals surface area contributed by atoms with Crippen molar-refractivity contribution in [1.82, 2.24) is 14.7 Å². The number of urea groups is 1. The SMILES string of the molecule is C[C@@H]1OCC2(CCN(c3cnc(Sc4cccc(NC(=O)NS(=O)(=O)C5CCCC5)c4Cl)cn3)CC2)[C@@H]1N. The zero-order chi connectivity index (χ0) is 26.9. The number of halogens is 1. The predicted octanol–water partition coefficient (Wildman–Crippen LogP) is 4.01. The Kier molecular flexibility index (Phi) is 8.07. The number of hydrogen-bond donors (Lipinski definition) is 3. The number of carbonyl (C=O) groups excluding carboxylic acids is 1. The van der Waals surface area contributed by atoms with Crippen molar-refractivity contribution in [2.45, 2.75) is 72.8 Å². The molecule has 0 radical (unpaired) electrons. The lowest BCUT2D eigenvalue weighted by atomic mass is 9.73. The molecule has 1 spiro atoms. The van der Waals surface area contributed by atoms with E-state index in [1.165, 1.54) is 11.8 Å². The van der Waals surface area contributed by atoms with E-state index in [4.69, 9.17) is 22.1 Å². The number of sulfonamides is 1. The van der Waals surface area contributed by atoms with Crippen LogP contribution in [0.1, 0.15) is 45.4 Å². The summed E-state index contributed by atoms with van der Waals surface area (Å²) in [4.78, 5) is 24.5. The van der Waals surface area contributed by atoms with Gasteiger partial charge in [0.1, 0.15) is 10.8 Å².